The highest BCUT2D eigenvalue weighted by Crippen LogP contribution is 2.26. The van der Waals surface area contributed by atoms with Crippen LogP contribution >= 0.6 is 0 Å². The lowest BCUT2D eigenvalue weighted by molar-refractivity contribution is -0.208. The third kappa shape index (κ3) is 5.87. The number of aryl methyl sites for hydroxylation is 1. The third-order valence-electron chi connectivity index (χ3n) is 5.17. The minimum absolute atomic E-state index is 0.223. The van der Waals surface area contributed by atoms with E-state index in [1.165, 1.54) is 0 Å². The topological polar surface area (TPSA) is 44.8 Å². The number of halogens is 1. The van der Waals surface area contributed by atoms with Crippen LogP contribution in [-0.4, -0.2) is 25.5 Å². The first kappa shape index (κ1) is 21.5. The van der Waals surface area contributed by atoms with Gasteiger partial charge in [0.2, 0.25) is 0 Å². The van der Waals surface area contributed by atoms with Crippen molar-refractivity contribution in [2.24, 2.45) is 5.92 Å². The first-order valence-corrected chi connectivity index (χ1v) is 10.4. The average Bonchev–Trinajstić information content (AvgIpc) is 2.75. The Morgan fingerprint density at radius 3 is 2.41 bits per heavy atom. The molecule has 0 amide bonds. The lowest BCUT2D eigenvalue weighted by atomic mass is 10.0. The molecule has 0 radical (unpaired) electrons. The van der Waals surface area contributed by atoms with Crippen molar-refractivity contribution in [3.8, 4) is 16.9 Å². The summed E-state index contributed by atoms with van der Waals surface area (Å²) < 4.78 is 31.0. The van der Waals surface area contributed by atoms with E-state index >= 15 is 0 Å². The maximum absolute atomic E-state index is 14.3. The zero-order valence-corrected chi connectivity index (χ0v) is 17.2. The summed E-state index contributed by atoms with van der Waals surface area (Å²) in [4.78, 5) is 12.4. The van der Waals surface area contributed by atoms with E-state index in [4.69, 9.17) is 14.2 Å². The molecule has 29 heavy (non-hydrogen) atoms. The molecular weight excluding hydrogens is 371 g/mol. The van der Waals surface area contributed by atoms with Crippen LogP contribution in [0.5, 0.6) is 5.75 Å². The number of carbonyl (C=O) groups is 1. The van der Waals surface area contributed by atoms with E-state index in [-0.39, 0.29) is 18.1 Å². The molecule has 3 rings (SSSR count). The molecule has 1 aliphatic heterocycles. The molecule has 1 heterocycles. The van der Waals surface area contributed by atoms with Gasteiger partial charge in [0.1, 0.15) is 17.5 Å². The SMILES string of the molecule is CCCCCC1OCC(C(=O)Oc2ccc(-c3ccc(CC)cc3F)cc2)CO1. The standard InChI is InChI=1S/C24H29FO4/c1-3-5-6-7-23-27-15-19(16-28-23)24(26)29-20-11-9-18(10-12-20)21-13-8-17(4-2)14-22(21)25/h8-14,19,23H,3-7,15-16H2,1-2H3. The van der Waals surface area contributed by atoms with Crippen LogP contribution in [0.1, 0.15) is 45.1 Å². The lowest BCUT2D eigenvalue weighted by Crippen LogP contribution is -2.38. The second-order valence-corrected chi connectivity index (χ2v) is 7.40. The molecule has 1 fully saturated rings. The summed E-state index contributed by atoms with van der Waals surface area (Å²) in [6.07, 6.45) is 4.78. The molecule has 2 aromatic carbocycles. The normalized spacial score (nSPS) is 19.1. The van der Waals surface area contributed by atoms with Crippen molar-refractivity contribution in [3.63, 3.8) is 0 Å². The van der Waals surface area contributed by atoms with Crippen LogP contribution in [0.15, 0.2) is 42.5 Å². The van der Waals surface area contributed by atoms with Crippen molar-refractivity contribution in [3.05, 3.63) is 53.8 Å². The Balaban J connectivity index is 1.53. The fourth-order valence-electron chi connectivity index (χ4n) is 3.32. The summed E-state index contributed by atoms with van der Waals surface area (Å²) in [6.45, 7) is 4.76. The number of hydrogen-bond donors (Lipinski definition) is 0. The van der Waals surface area contributed by atoms with Gasteiger partial charge in [-0.05, 0) is 48.6 Å². The summed E-state index contributed by atoms with van der Waals surface area (Å²) >= 11 is 0. The smallest absolute Gasteiger partial charge is 0.319 e. The van der Waals surface area contributed by atoms with Crippen LogP contribution in [0, 0.1) is 11.7 Å². The molecule has 4 nitrogen and oxygen atoms in total. The number of rotatable bonds is 8. The number of benzene rings is 2. The summed E-state index contributed by atoms with van der Waals surface area (Å²) in [7, 11) is 0. The lowest BCUT2D eigenvalue weighted by Gasteiger charge is -2.28. The molecular formula is C24H29FO4. The van der Waals surface area contributed by atoms with E-state index in [1.807, 2.05) is 13.0 Å². The molecule has 0 bridgehead atoms. The van der Waals surface area contributed by atoms with Crippen LogP contribution < -0.4 is 4.74 Å². The molecule has 0 unspecified atom stereocenters. The number of unbranched alkanes of at least 4 members (excludes halogenated alkanes) is 2. The van der Waals surface area contributed by atoms with Gasteiger partial charge in [-0.2, -0.15) is 0 Å². The summed E-state index contributed by atoms with van der Waals surface area (Å²) in [6, 6.07) is 12.1. The predicted octanol–water partition coefficient (Wildman–Crippen LogP) is 5.53. The molecule has 0 atom stereocenters. The Bertz CT molecular complexity index is 795. The van der Waals surface area contributed by atoms with Crippen molar-refractivity contribution in [1.29, 1.82) is 0 Å². The van der Waals surface area contributed by atoms with Crippen molar-refractivity contribution in [2.75, 3.05) is 13.2 Å². The fourth-order valence-corrected chi connectivity index (χ4v) is 3.32. The third-order valence-corrected chi connectivity index (χ3v) is 5.17. The molecule has 0 spiro atoms. The summed E-state index contributed by atoms with van der Waals surface area (Å²) in [5.41, 5.74) is 2.23. The van der Waals surface area contributed by atoms with Crippen LogP contribution in [0.2, 0.25) is 0 Å². The highest BCUT2D eigenvalue weighted by atomic mass is 19.1. The van der Waals surface area contributed by atoms with E-state index in [1.54, 1.807) is 36.4 Å². The first-order valence-electron chi connectivity index (χ1n) is 10.4. The molecule has 156 valence electrons. The first-order chi connectivity index (χ1) is 14.1. The fraction of sp³-hybridized carbons (Fsp3) is 0.458. The molecule has 0 aromatic heterocycles. The maximum Gasteiger partial charge on any atom is 0.319 e. The number of esters is 1. The minimum Gasteiger partial charge on any atom is -0.426 e. The Hall–Kier alpha value is -2.24. The largest absolute Gasteiger partial charge is 0.426 e. The van der Waals surface area contributed by atoms with Gasteiger partial charge in [-0.3, -0.25) is 4.79 Å². The summed E-state index contributed by atoms with van der Waals surface area (Å²) in [5.74, 6) is -0.632. The Kier molecular flexibility index (Phi) is 7.78. The highest BCUT2D eigenvalue weighted by Gasteiger charge is 2.29. The van der Waals surface area contributed by atoms with Gasteiger partial charge in [-0.1, -0.05) is 51.0 Å². The zero-order chi connectivity index (χ0) is 20.6. The van der Waals surface area contributed by atoms with Crippen molar-refractivity contribution >= 4 is 5.97 Å². The highest BCUT2D eigenvalue weighted by molar-refractivity contribution is 5.76. The molecule has 5 heteroatoms. The van der Waals surface area contributed by atoms with Gasteiger partial charge in [0.15, 0.2) is 6.29 Å². The monoisotopic (exact) mass is 400 g/mol. The van der Waals surface area contributed by atoms with E-state index in [0.29, 0.717) is 24.5 Å². The van der Waals surface area contributed by atoms with Crippen LogP contribution in [-0.2, 0) is 20.7 Å². The average molecular weight is 400 g/mol. The molecule has 1 aliphatic rings. The quantitative estimate of drug-likeness (QED) is 0.332. The molecule has 1 saturated heterocycles. The molecule has 0 saturated carbocycles. The Morgan fingerprint density at radius 1 is 1.07 bits per heavy atom. The van der Waals surface area contributed by atoms with E-state index in [2.05, 4.69) is 6.92 Å². The Morgan fingerprint density at radius 2 is 1.79 bits per heavy atom. The van der Waals surface area contributed by atoms with Gasteiger partial charge in [0.25, 0.3) is 0 Å². The van der Waals surface area contributed by atoms with E-state index in [0.717, 1.165) is 43.2 Å². The van der Waals surface area contributed by atoms with Crippen molar-refractivity contribution < 1.29 is 23.4 Å². The number of carbonyl (C=O) groups excluding carboxylic acids is 1. The molecule has 0 aliphatic carbocycles. The van der Waals surface area contributed by atoms with Gasteiger partial charge in [-0.15, -0.1) is 0 Å². The van der Waals surface area contributed by atoms with Crippen LogP contribution in [0.3, 0.4) is 0 Å². The maximum atomic E-state index is 14.3. The van der Waals surface area contributed by atoms with Gasteiger partial charge in [0, 0.05) is 5.56 Å². The minimum atomic E-state index is -0.434. The van der Waals surface area contributed by atoms with Crippen molar-refractivity contribution in [2.45, 2.75) is 52.2 Å². The Labute approximate surface area is 172 Å². The zero-order valence-electron chi connectivity index (χ0n) is 17.2. The number of hydrogen-bond acceptors (Lipinski definition) is 4. The predicted molar refractivity (Wildman–Crippen MR) is 110 cm³/mol. The molecule has 2 aromatic rings. The molecule has 0 N–H and O–H groups in total. The van der Waals surface area contributed by atoms with Crippen molar-refractivity contribution in [1.82, 2.24) is 0 Å². The van der Waals surface area contributed by atoms with Crippen LogP contribution in [0.4, 0.5) is 4.39 Å². The van der Waals surface area contributed by atoms with E-state index in [9.17, 15) is 9.18 Å². The second kappa shape index (κ2) is 10.5. The second-order valence-electron chi connectivity index (χ2n) is 7.40. The van der Waals surface area contributed by atoms with Crippen LogP contribution in [0.25, 0.3) is 11.1 Å². The van der Waals surface area contributed by atoms with Gasteiger partial charge in [0.05, 0.1) is 13.2 Å². The van der Waals surface area contributed by atoms with Gasteiger partial charge in [-0.25, -0.2) is 4.39 Å². The number of ether oxygens (including phenoxy) is 3. The summed E-state index contributed by atoms with van der Waals surface area (Å²) in [5, 5.41) is 0. The van der Waals surface area contributed by atoms with Gasteiger partial charge < -0.3 is 14.2 Å². The van der Waals surface area contributed by atoms with E-state index < -0.39 is 5.92 Å². The van der Waals surface area contributed by atoms with Gasteiger partial charge >= 0.3 is 5.97 Å².